The Labute approximate surface area is 187 Å². The summed E-state index contributed by atoms with van der Waals surface area (Å²) in [6, 6.07) is 0.110. The molecule has 0 saturated heterocycles. The molecule has 0 aliphatic rings. The highest BCUT2D eigenvalue weighted by Crippen LogP contribution is 2.32. The van der Waals surface area contributed by atoms with Gasteiger partial charge in [-0.3, -0.25) is 0 Å². The van der Waals surface area contributed by atoms with E-state index < -0.39 is 17.9 Å². The van der Waals surface area contributed by atoms with Crippen LogP contribution in [-0.2, 0) is 28.6 Å². The van der Waals surface area contributed by atoms with E-state index in [2.05, 4.69) is 47.4 Å². The minimum atomic E-state index is -0.441. The van der Waals surface area contributed by atoms with Crippen LogP contribution in [0.15, 0.2) is 36.5 Å². The van der Waals surface area contributed by atoms with E-state index in [0.717, 1.165) is 0 Å². The molecule has 0 aromatic carbocycles. The fraction of sp³-hybridized carbons (Fsp3) is 0.625. The first-order chi connectivity index (χ1) is 14.2. The third-order valence-corrected chi connectivity index (χ3v) is 5.63. The summed E-state index contributed by atoms with van der Waals surface area (Å²) in [7, 11) is 0. The summed E-state index contributed by atoms with van der Waals surface area (Å²) in [5.74, 6) is -1.31. The molecule has 0 N–H and O–H groups in total. The van der Waals surface area contributed by atoms with Crippen LogP contribution in [0.5, 0.6) is 0 Å². The second-order valence-corrected chi connectivity index (χ2v) is 8.89. The van der Waals surface area contributed by atoms with Crippen molar-refractivity contribution in [2.45, 2.75) is 66.5 Å². The average molecular weight is 439 g/mol. The molecule has 0 rings (SSSR count). The van der Waals surface area contributed by atoms with Crippen LogP contribution in [0.4, 0.5) is 0 Å². The van der Waals surface area contributed by atoms with Crippen molar-refractivity contribution in [1.29, 1.82) is 0 Å². The maximum Gasteiger partial charge on any atom is 0.333 e. The van der Waals surface area contributed by atoms with Gasteiger partial charge in [-0.2, -0.15) is 0 Å². The molecule has 0 bridgehead atoms. The number of carbonyl (C=O) groups excluding carboxylic acids is 3. The highest BCUT2D eigenvalue weighted by atomic mass is 16.5. The number of esters is 3. The summed E-state index contributed by atoms with van der Waals surface area (Å²) in [6.45, 7) is 25.5. The van der Waals surface area contributed by atoms with Gasteiger partial charge >= 0.3 is 17.9 Å². The highest BCUT2D eigenvalue weighted by molar-refractivity contribution is 5.87. The van der Waals surface area contributed by atoms with Crippen molar-refractivity contribution in [1.82, 2.24) is 0 Å². The second-order valence-electron chi connectivity index (χ2n) is 8.89. The Kier molecular flexibility index (Phi) is 11.5. The first-order valence-electron chi connectivity index (χ1n) is 10.5. The van der Waals surface area contributed by atoms with Crippen LogP contribution in [0.25, 0.3) is 0 Å². The fourth-order valence-corrected chi connectivity index (χ4v) is 3.52. The molecular formula is C24H40NO6+. The molecule has 31 heavy (non-hydrogen) atoms. The van der Waals surface area contributed by atoms with Crippen LogP contribution >= 0.6 is 0 Å². The molecule has 0 unspecified atom stereocenters. The molecule has 0 aromatic rings. The van der Waals surface area contributed by atoms with Gasteiger partial charge < -0.3 is 18.7 Å². The van der Waals surface area contributed by atoms with E-state index >= 15 is 0 Å². The molecule has 0 atom stereocenters. The fourth-order valence-electron chi connectivity index (χ4n) is 3.52. The lowest BCUT2D eigenvalue weighted by Gasteiger charge is -2.53. The number of carbonyl (C=O) groups is 3. The minimum absolute atomic E-state index is 0.110. The molecule has 0 spiro atoms. The third kappa shape index (κ3) is 8.69. The Balaban J connectivity index is 5.58. The van der Waals surface area contributed by atoms with Crippen LogP contribution in [0.1, 0.15) is 54.9 Å². The van der Waals surface area contributed by atoms with Crippen molar-refractivity contribution < 1.29 is 33.1 Å². The first kappa shape index (κ1) is 28.6. The predicted molar refractivity (Wildman–Crippen MR) is 121 cm³/mol. The number of nitrogens with zero attached hydrogens (tertiary/aromatic N) is 1. The first-order valence-corrected chi connectivity index (χ1v) is 10.5. The normalized spacial score (nSPS) is 11.6. The maximum atomic E-state index is 11.9. The van der Waals surface area contributed by atoms with E-state index in [1.54, 1.807) is 20.8 Å². The predicted octanol–water partition coefficient (Wildman–Crippen LogP) is 3.74. The van der Waals surface area contributed by atoms with Crippen LogP contribution in [0.2, 0.25) is 0 Å². The summed E-state index contributed by atoms with van der Waals surface area (Å²) >= 11 is 0. The SMILES string of the molecule is C=C(C)C(=O)OCCC(C)(C)[N+](CCOC(=O)C(=C)C)(CCOC(=O)C(=C)C)C(C)C. The molecule has 0 aliphatic heterocycles. The zero-order valence-electron chi connectivity index (χ0n) is 20.3. The van der Waals surface area contributed by atoms with Crippen molar-refractivity contribution >= 4 is 17.9 Å². The zero-order chi connectivity index (χ0) is 24.4. The van der Waals surface area contributed by atoms with Gasteiger partial charge in [-0.25, -0.2) is 14.4 Å². The molecule has 0 radical (unpaired) electrons. The van der Waals surface area contributed by atoms with E-state index in [9.17, 15) is 14.4 Å². The Morgan fingerprint density at radius 2 is 1.06 bits per heavy atom. The Morgan fingerprint density at radius 3 is 1.35 bits per heavy atom. The van der Waals surface area contributed by atoms with Gasteiger partial charge in [0.1, 0.15) is 26.3 Å². The van der Waals surface area contributed by atoms with Crippen molar-refractivity contribution in [2.24, 2.45) is 0 Å². The van der Waals surface area contributed by atoms with Gasteiger partial charge in [-0.1, -0.05) is 19.7 Å². The maximum absolute atomic E-state index is 11.9. The van der Waals surface area contributed by atoms with Crippen molar-refractivity contribution in [3.63, 3.8) is 0 Å². The molecule has 0 amide bonds. The topological polar surface area (TPSA) is 78.9 Å². The van der Waals surface area contributed by atoms with Gasteiger partial charge in [0.25, 0.3) is 0 Å². The molecule has 0 aromatic heterocycles. The average Bonchev–Trinajstić information content (AvgIpc) is 2.65. The van der Waals surface area contributed by atoms with Gasteiger partial charge in [0.05, 0.1) is 18.2 Å². The van der Waals surface area contributed by atoms with Crippen molar-refractivity contribution in [2.75, 3.05) is 32.9 Å². The Morgan fingerprint density at radius 1 is 0.742 bits per heavy atom. The summed E-state index contributed by atoms with van der Waals surface area (Å²) < 4.78 is 16.6. The number of hydrogen-bond acceptors (Lipinski definition) is 6. The third-order valence-electron chi connectivity index (χ3n) is 5.63. The van der Waals surface area contributed by atoms with Crippen LogP contribution < -0.4 is 0 Å². The molecular weight excluding hydrogens is 398 g/mol. The van der Waals surface area contributed by atoms with Crippen LogP contribution in [-0.4, -0.2) is 66.9 Å². The molecule has 176 valence electrons. The number of quaternary nitrogens is 1. The monoisotopic (exact) mass is 438 g/mol. The van der Waals surface area contributed by atoms with Gasteiger partial charge in [-0.15, -0.1) is 0 Å². The van der Waals surface area contributed by atoms with E-state index in [0.29, 0.717) is 40.7 Å². The summed E-state index contributed by atoms with van der Waals surface area (Å²) in [5, 5.41) is 0. The molecule has 7 nitrogen and oxygen atoms in total. The quantitative estimate of drug-likeness (QED) is 0.178. The number of rotatable bonds is 14. The van der Waals surface area contributed by atoms with Gasteiger partial charge in [0.15, 0.2) is 0 Å². The lowest BCUT2D eigenvalue weighted by molar-refractivity contribution is -0.991. The van der Waals surface area contributed by atoms with Crippen molar-refractivity contribution in [3.8, 4) is 0 Å². The van der Waals surface area contributed by atoms with E-state index in [-0.39, 0.29) is 31.4 Å². The molecule has 0 aliphatic carbocycles. The summed E-state index contributed by atoms with van der Waals surface area (Å²) in [6.07, 6.45) is 0.563. The second kappa shape index (κ2) is 12.4. The molecule has 0 heterocycles. The zero-order valence-corrected chi connectivity index (χ0v) is 20.3. The highest BCUT2D eigenvalue weighted by Gasteiger charge is 2.46. The smallest absolute Gasteiger partial charge is 0.333 e. The van der Waals surface area contributed by atoms with Gasteiger partial charge in [0.2, 0.25) is 0 Å². The van der Waals surface area contributed by atoms with E-state index in [1.807, 2.05) is 0 Å². The van der Waals surface area contributed by atoms with E-state index in [4.69, 9.17) is 14.2 Å². The Bertz CT molecular complexity index is 673. The molecule has 0 fully saturated rings. The summed E-state index contributed by atoms with van der Waals surface area (Å²) in [5.41, 5.74) is 0.642. The Hall–Kier alpha value is -2.41. The molecule has 7 heteroatoms. The standard InChI is InChI=1S/C24H40NO6/c1-17(2)21(26)29-14-11-24(9,10)25(20(7)8,12-15-30-22(27)18(3)4)13-16-31-23(28)19(5)6/h20H,1,3,5,11-16H2,2,4,6-10H3/q+1. The number of hydrogen-bond donors (Lipinski definition) is 0. The minimum Gasteiger partial charge on any atom is -0.462 e. The van der Waals surface area contributed by atoms with Crippen LogP contribution in [0.3, 0.4) is 0 Å². The largest absolute Gasteiger partial charge is 0.462 e. The van der Waals surface area contributed by atoms with Crippen molar-refractivity contribution in [3.05, 3.63) is 36.5 Å². The lowest BCUT2D eigenvalue weighted by atomic mass is 9.91. The number of ether oxygens (including phenoxy) is 3. The molecule has 0 saturated carbocycles. The van der Waals surface area contributed by atoms with E-state index in [1.165, 1.54) is 0 Å². The summed E-state index contributed by atoms with van der Waals surface area (Å²) in [4.78, 5) is 35.5. The van der Waals surface area contributed by atoms with Gasteiger partial charge in [0, 0.05) is 23.1 Å². The lowest BCUT2D eigenvalue weighted by Crippen LogP contribution is -2.67. The van der Waals surface area contributed by atoms with Gasteiger partial charge in [-0.05, 0) is 48.5 Å². The van der Waals surface area contributed by atoms with Crippen LogP contribution in [0, 0.1) is 0 Å².